The van der Waals surface area contributed by atoms with Gasteiger partial charge in [0.05, 0.1) is 0 Å². The van der Waals surface area contributed by atoms with Gasteiger partial charge in [0.2, 0.25) is 0 Å². The molecule has 148 valence electrons. The molecule has 0 bridgehead atoms. The van der Waals surface area contributed by atoms with Gasteiger partial charge in [-0.25, -0.2) is 4.98 Å². The van der Waals surface area contributed by atoms with Crippen LogP contribution in [0.1, 0.15) is 17.0 Å². The van der Waals surface area contributed by atoms with E-state index in [0.29, 0.717) is 6.61 Å². The quantitative estimate of drug-likeness (QED) is 0.427. The smallest absolute Gasteiger partial charge is 0.191 e. The van der Waals surface area contributed by atoms with Crippen LogP contribution in [0.25, 0.3) is 11.4 Å². The monoisotopic (exact) mass is 405 g/mol. The number of thioether (sulfide) groups is 1. The Hall–Kier alpha value is -3.06. The second kappa shape index (κ2) is 8.53. The summed E-state index contributed by atoms with van der Waals surface area (Å²) in [7, 11) is 3.97. The molecule has 0 spiro atoms. The van der Waals surface area contributed by atoms with Gasteiger partial charge in [-0.2, -0.15) is 0 Å². The molecule has 0 amide bonds. The number of benzene rings is 2. The van der Waals surface area contributed by atoms with Crippen LogP contribution in [0, 0.1) is 6.92 Å². The van der Waals surface area contributed by atoms with E-state index < -0.39 is 0 Å². The van der Waals surface area contributed by atoms with Gasteiger partial charge in [0.25, 0.3) is 0 Å². The maximum absolute atomic E-state index is 5.81. The van der Waals surface area contributed by atoms with Crippen molar-refractivity contribution >= 4 is 11.8 Å². The summed E-state index contributed by atoms with van der Waals surface area (Å²) >= 11 is 1.67. The van der Waals surface area contributed by atoms with Crippen LogP contribution in [-0.4, -0.2) is 24.3 Å². The van der Waals surface area contributed by atoms with Crippen molar-refractivity contribution in [2.45, 2.75) is 24.4 Å². The average molecular weight is 406 g/mol. The standard InChI is InChI=1S/C22H23N5OS/c1-16-5-4-6-18(13-16)21-24-25-22(27(21)3)29-15-17-7-9-19(10-8-17)28-14-20-23-11-12-26(20)2/h4-13H,14-15H2,1-3H3. The zero-order valence-electron chi connectivity index (χ0n) is 16.7. The van der Waals surface area contributed by atoms with E-state index in [-0.39, 0.29) is 0 Å². The number of rotatable bonds is 7. The summed E-state index contributed by atoms with van der Waals surface area (Å²) in [6.07, 6.45) is 3.69. The summed E-state index contributed by atoms with van der Waals surface area (Å²) in [5.74, 6) is 3.44. The second-order valence-electron chi connectivity index (χ2n) is 6.91. The van der Waals surface area contributed by atoms with E-state index in [4.69, 9.17) is 4.74 Å². The molecule has 2 aromatic carbocycles. The van der Waals surface area contributed by atoms with Crippen molar-refractivity contribution in [3.05, 3.63) is 77.9 Å². The Balaban J connectivity index is 1.36. The molecule has 0 unspecified atom stereocenters. The van der Waals surface area contributed by atoms with Crippen molar-refractivity contribution in [2.75, 3.05) is 0 Å². The average Bonchev–Trinajstić information content (AvgIpc) is 3.31. The number of ether oxygens (including phenoxy) is 1. The number of nitrogens with zero attached hydrogens (tertiary/aromatic N) is 5. The Labute approximate surface area is 174 Å². The van der Waals surface area contributed by atoms with Crippen molar-refractivity contribution in [1.82, 2.24) is 24.3 Å². The van der Waals surface area contributed by atoms with Gasteiger partial charge in [0, 0.05) is 37.8 Å². The fourth-order valence-electron chi connectivity index (χ4n) is 2.99. The zero-order chi connectivity index (χ0) is 20.2. The third-order valence-electron chi connectivity index (χ3n) is 4.69. The summed E-state index contributed by atoms with van der Waals surface area (Å²) in [6.45, 7) is 2.54. The molecule has 6 nitrogen and oxygen atoms in total. The van der Waals surface area contributed by atoms with Crippen LogP contribution in [0.4, 0.5) is 0 Å². The van der Waals surface area contributed by atoms with Gasteiger partial charge in [-0.05, 0) is 30.7 Å². The molecule has 0 atom stereocenters. The van der Waals surface area contributed by atoms with E-state index in [2.05, 4.69) is 52.4 Å². The second-order valence-corrected chi connectivity index (χ2v) is 7.85. The van der Waals surface area contributed by atoms with Crippen LogP contribution in [-0.2, 0) is 26.5 Å². The third-order valence-corrected chi connectivity index (χ3v) is 5.78. The molecule has 4 rings (SSSR count). The predicted molar refractivity (Wildman–Crippen MR) is 115 cm³/mol. The van der Waals surface area contributed by atoms with E-state index in [9.17, 15) is 0 Å². The molecule has 0 aliphatic carbocycles. The normalized spacial score (nSPS) is 11.0. The maximum Gasteiger partial charge on any atom is 0.191 e. The van der Waals surface area contributed by atoms with Crippen molar-refractivity contribution in [3.8, 4) is 17.1 Å². The molecule has 0 aliphatic rings. The highest BCUT2D eigenvalue weighted by Crippen LogP contribution is 2.26. The molecular formula is C22H23N5OS. The summed E-state index contributed by atoms with van der Waals surface area (Å²) in [5, 5.41) is 9.64. The molecular weight excluding hydrogens is 382 g/mol. The molecule has 7 heteroatoms. The Morgan fingerprint density at radius 3 is 2.59 bits per heavy atom. The van der Waals surface area contributed by atoms with Crippen LogP contribution < -0.4 is 4.74 Å². The maximum atomic E-state index is 5.81. The molecule has 0 radical (unpaired) electrons. The van der Waals surface area contributed by atoms with E-state index in [0.717, 1.165) is 33.9 Å². The van der Waals surface area contributed by atoms with E-state index in [1.54, 1.807) is 18.0 Å². The molecule has 2 heterocycles. The molecule has 0 aliphatic heterocycles. The molecule has 4 aromatic rings. The fourth-order valence-corrected chi connectivity index (χ4v) is 3.86. The van der Waals surface area contributed by atoms with Gasteiger partial charge in [-0.1, -0.05) is 47.7 Å². The third kappa shape index (κ3) is 4.51. The van der Waals surface area contributed by atoms with Gasteiger partial charge in [0.1, 0.15) is 18.2 Å². The molecule has 0 saturated heterocycles. The van der Waals surface area contributed by atoms with Crippen molar-refractivity contribution in [1.29, 1.82) is 0 Å². The fraction of sp³-hybridized carbons (Fsp3) is 0.227. The lowest BCUT2D eigenvalue weighted by Crippen LogP contribution is -2.02. The number of hydrogen-bond acceptors (Lipinski definition) is 5. The topological polar surface area (TPSA) is 57.8 Å². The first-order valence-corrected chi connectivity index (χ1v) is 10.4. The highest BCUT2D eigenvalue weighted by molar-refractivity contribution is 7.98. The van der Waals surface area contributed by atoms with Gasteiger partial charge in [0.15, 0.2) is 11.0 Å². The summed E-state index contributed by atoms with van der Waals surface area (Å²) < 4.78 is 9.81. The Morgan fingerprint density at radius 1 is 1.03 bits per heavy atom. The van der Waals surface area contributed by atoms with Gasteiger partial charge in [-0.3, -0.25) is 0 Å². The van der Waals surface area contributed by atoms with Crippen LogP contribution in [0.3, 0.4) is 0 Å². The van der Waals surface area contributed by atoms with E-state index in [1.165, 1.54) is 11.1 Å². The zero-order valence-corrected chi connectivity index (χ0v) is 17.6. The first kappa shape index (κ1) is 19.3. The lowest BCUT2D eigenvalue weighted by molar-refractivity contribution is 0.292. The first-order valence-electron chi connectivity index (χ1n) is 9.37. The number of aromatic nitrogens is 5. The molecule has 0 N–H and O–H groups in total. The summed E-state index contributed by atoms with van der Waals surface area (Å²) in [4.78, 5) is 4.27. The minimum Gasteiger partial charge on any atom is -0.486 e. The van der Waals surface area contributed by atoms with Crippen LogP contribution >= 0.6 is 11.8 Å². The molecule has 0 fully saturated rings. The van der Waals surface area contributed by atoms with Crippen LogP contribution in [0.2, 0.25) is 0 Å². The van der Waals surface area contributed by atoms with E-state index >= 15 is 0 Å². The number of imidazole rings is 1. The molecule has 2 aromatic heterocycles. The van der Waals surface area contributed by atoms with Crippen molar-refractivity contribution in [2.24, 2.45) is 14.1 Å². The Kier molecular flexibility index (Phi) is 5.67. The van der Waals surface area contributed by atoms with Crippen molar-refractivity contribution in [3.63, 3.8) is 0 Å². The minimum atomic E-state index is 0.457. The number of hydrogen-bond donors (Lipinski definition) is 0. The van der Waals surface area contributed by atoms with Crippen molar-refractivity contribution < 1.29 is 4.74 Å². The lowest BCUT2D eigenvalue weighted by Gasteiger charge is -2.08. The summed E-state index contributed by atoms with van der Waals surface area (Å²) in [6, 6.07) is 16.5. The highest BCUT2D eigenvalue weighted by atomic mass is 32.2. The lowest BCUT2D eigenvalue weighted by atomic mass is 10.1. The van der Waals surface area contributed by atoms with E-state index in [1.807, 2.05) is 47.6 Å². The SMILES string of the molecule is Cc1cccc(-c2nnc(SCc3ccc(OCc4nccn4C)cc3)n2C)c1. The summed E-state index contributed by atoms with van der Waals surface area (Å²) in [5.41, 5.74) is 3.51. The molecule has 0 saturated carbocycles. The van der Waals surface area contributed by atoms with Gasteiger partial charge < -0.3 is 13.9 Å². The first-order chi connectivity index (χ1) is 14.1. The molecule has 29 heavy (non-hydrogen) atoms. The largest absolute Gasteiger partial charge is 0.486 e. The van der Waals surface area contributed by atoms with Crippen LogP contribution in [0.5, 0.6) is 5.75 Å². The predicted octanol–water partition coefficient (Wildman–Crippen LogP) is 4.40. The minimum absolute atomic E-state index is 0.457. The highest BCUT2D eigenvalue weighted by Gasteiger charge is 2.11. The van der Waals surface area contributed by atoms with Gasteiger partial charge >= 0.3 is 0 Å². The Bertz CT molecular complexity index is 1100. The number of aryl methyl sites for hydroxylation is 2. The van der Waals surface area contributed by atoms with Gasteiger partial charge in [-0.15, -0.1) is 10.2 Å². The Morgan fingerprint density at radius 2 is 1.86 bits per heavy atom. The van der Waals surface area contributed by atoms with Crippen LogP contribution in [0.15, 0.2) is 66.1 Å².